The number of amides is 1. The third-order valence-electron chi connectivity index (χ3n) is 8.22. The molecule has 5 fully saturated rings. The van der Waals surface area contributed by atoms with Crippen molar-refractivity contribution in [2.75, 3.05) is 51.3 Å². The summed E-state index contributed by atoms with van der Waals surface area (Å²) in [5, 5.41) is 3.24. The van der Waals surface area contributed by atoms with E-state index in [1.54, 1.807) is 7.11 Å². The fourth-order valence-electron chi connectivity index (χ4n) is 7.09. The van der Waals surface area contributed by atoms with Gasteiger partial charge in [-0.25, -0.2) is 0 Å². The van der Waals surface area contributed by atoms with Gasteiger partial charge in [-0.3, -0.25) is 9.69 Å². The molecule has 1 N–H and O–H groups in total. The van der Waals surface area contributed by atoms with Crippen molar-refractivity contribution in [2.24, 2.45) is 23.2 Å². The lowest BCUT2D eigenvalue weighted by Gasteiger charge is -2.36. The number of nitrogens with one attached hydrogen (secondary N) is 1. The number of carbonyl (C=O) groups is 1. The van der Waals surface area contributed by atoms with Crippen molar-refractivity contribution in [2.45, 2.75) is 38.5 Å². The molecule has 2 unspecified atom stereocenters. The minimum Gasteiger partial charge on any atom is -0.495 e. The standard InChI is InChI=1S/C24H35N3O2/c1-29-22-5-3-2-4-21(22)27-10-8-26(9-11-27)7-6-25-23(28)17-24-15-18-12-19(16-24)14-20(24)13-18/h2-5,18-20H,6-17H2,1H3,(H,25,28). The van der Waals surface area contributed by atoms with Gasteiger partial charge in [0.2, 0.25) is 5.91 Å². The van der Waals surface area contributed by atoms with Gasteiger partial charge in [0, 0.05) is 45.7 Å². The molecule has 158 valence electrons. The van der Waals surface area contributed by atoms with Crippen LogP contribution >= 0.6 is 0 Å². The second kappa shape index (κ2) is 7.82. The first kappa shape index (κ1) is 19.2. The number of hydrogen-bond donors (Lipinski definition) is 1. The highest BCUT2D eigenvalue weighted by Crippen LogP contribution is 2.66. The number of para-hydroxylation sites is 2. The topological polar surface area (TPSA) is 44.8 Å². The third kappa shape index (κ3) is 3.74. The van der Waals surface area contributed by atoms with Crippen molar-refractivity contribution >= 4 is 11.6 Å². The molecular formula is C24H35N3O2. The summed E-state index contributed by atoms with van der Waals surface area (Å²) in [7, 11) is 1.74. The first-order valence-corrected chi connectivity index (χ1v) is 11.5. The molecule has 29 heavy (non-hydrogen) atoms. The van der Waals surface area contributed by atoms with E-state index in [0.29, 0.717) is 11.3 Å². The number of piperazine rings is 1. The van der Waals surface area contributed by atoms with Crippen LogP contribution in [0.1, 0.15) is 38.5 Å². The summed E-state index contributed by atoms with van der Waals surface area (Å²) in [4.78, 5) is 17.5. The molecule has 1 saturated heterocycles. The van der Waals surface area contributed by atoms with Crippen LogP contribution in [0, 0.1) is 23.2 Å². The normalized spacial score (nSPS) is 33.3. The Labute approximate surface area is 174 Å². The summed E-state index contributed by atoms with van der Waals surface area (Å²) in [6.07, 6.45) is 7.69. The molecule has 0 radical (unpaired) electrons. The molecule has 5 aliphatic rings. The van der Waals surface area contributed by atoms with E-state index in [1.807, 2.05) is 12.1 Å². The van der Waals surface area contributed by atoms with Gasteiger partial charge in [-0.1, -0.05) is 12.1 Å². The summed E-state index contributed by atoms with van der Waals surface area (Å²) in [5.41, 5.74) is 1.56. The maximum atomic E-state index is 12.7. The molecule has 4 saturated carbocycles. The summed E-state index contributed by atoms with van der Waals surface area (Å²) >= 11 is 0. The quantitative estimate of drug-likeness (QED) is 0.768. The van der Waals surface area contributed by atoms with Crippen LogP contribution in [0.4, 0.5) is 5.69 Å². The van der Waals surface area contributed by atoms with Gasteiger partial charge in [-0.05, 0) is 67.4 Å². The lowest BCUT2D eigenvalue weighted by Crippen LogP contribution is -2.48. The van der Waals surface area contributed by atoms with Gasteiger partial charge in [0.1, 0.15) is 5.75 Å². The molecular weight excluding hydrogens is 362 g/mol. The van der Waals surface area contributed by atoms with Gasteiger partial charge < -0.3 is 15.0 Å². The predicted molar refractivity (Wildman–Crippen MR) is 115 cm³/mol. The third-order valence-corrected chi connectivity index (χ3v) is 8.22. The maximum absolute atomic E-state index is 12.7. The van der Waals surface area contributed by atoms with E-state index in [1.165, 1.54) is 37.8 Å². The summed E-state index contributed by atoms with van der Waals surface area (Å²) < 4.78 is 5.51. The highest BCUT2D eigenvalue weighted by molar-refractivity contribution is 5.77. The molecule has 0 spiro atoms. The molecule has 2 atom stereocenters. The number of nitrogens with zero attached hydrogens (tertiary/aromatic N) is 2. The lowest BCUT2D eigenvalue weighted by molar-refractivity contribution is -0.124. The molecule has 5 heteroatoms. The summed E-state index contributed by atoms with van der Waals surface area (Å²) in [5.74, 6) is 3.95. The van der Waals surface area contributed by atoms with Gasteiger partial charge in [0.15, 0.2) is 0 Å². The number of anilines is 1. The molecule has 1 aromatic rings. The van der Waals surface area contributed by atoms with E-state index in [9.17, 15) is 4.79 Å². The van der Waals surface area contributed by atoms with Crippen molar-refractivity contribution in [3.8, 4) is 5.75 Å². The smallest absolute Gasteiger partial charge is 0.220 e. The molecule has 5 nitrogen and oxygen atoms in total. The van der Waals surface area contributed by atoms with Gasteiger partial charge in [-0.15, -0.1) is 0 Å². The van der Waals surface area contributed by atoms with Crippen molar-refractivity contribution in [1.82, 2.24) is 10.2 Å². The van der Waals surface area contributed by atoms with E-state index >= 15 is 0 Å². The van der Waals surface area contributed by atoms with Crippen LogP contribution in [0.15, 0.2) is 24.3 Å². The van der Waals surface area contributed by atoms with E-state index in [0.717, 1.165) is 69.2 Å². The van der Waals surface area contributed by atoms with E-state index in [2.05, 4.69) is 27.2 Å². The highest BCUT2D eigenvalue weighted by Gasteiger charge is 2.57. The van der Waals surface area contributed by atoms with Crippen LogP contribution in [-0.4, -0.2) is 57.2 Å². The second-order valence-corrected chi connectivity index (χ2v) is 9.93. The van der Waals surface area contributed by atoms with E-state index in [4.69, 9.17) is 4.74 Å². The Hall–Kier alpha value is -1.75. The fourth-order valence-corrected chi connectivity index (χ4v) is 7.09. The highest BCUT2D eigenvalue weighted by atomic mass is 16.5. The molecule has 4 bridgehead atoms. The van der Waals surface area contributed by atoms with Crippen LogP contribution in [0.2, 0.25) is 0 Å². The fraction of sp³-hybridized carbons (Fsp3) is 0.708. The average Bonchev–Trinajstić information content (AvgIpc) is 3.11. The van der Waals surface area contributed by atoms with E-state index < -0.39 is 0 Å². The maximum Gasteiger partial charge on any atom is 0.220 e. The van der Waals surface area contributed by atoms with Crippen LogP contribution in [0.3, 0.4) is 0 Å². The predicted octanol–water partition coefficient (Wildman–Crippen LogP) is 3.15. The molecule has 1 amide bonds. The number of rotatable bonds is 7. The largest absolute Gasteiger partial charge is 0.495 e. The zero-order chi connectivity index (χ0) is 19.8. The number of methoxy groups -OCH3 is 1. The molecule has 4 aliphatic carbocycles. The lowest BCUT2D eigenvalue weighted by atomic mass is 9.73. The zero-order valence-electron chi connectivity index (χ0n) is 17.7. The van der Waals surface area contributed by atoms with Crippen LogP contribution in [0.5, 0.6) is 5.75 Å². The Kier molecular flexibility index (Phi) is 5.19. The van der Waals surface area contributed by atoms with Gasteiger partial charge >= 0.3 is 0 Å². The Morgan fingerprint density at radius 3 is 2.55 bits per heavy atom. The molecule has 1 aliphatic heterocycles. The Bertz CT molecular complexity index is 729. The molecule has 1 aromatic carbocycles. The van der Waals surface area contributed by atoms with Crippen molar-refractivity contribution < 1.29 is 9.53 Å². The number of ether oxygens (including phenoxy) is 1. The number of carbonyl (C=O) groups excluding carboxylic acids is 1. The van der Waals surface area contributed by atoms with Gasteiger partial charge in [0.05, 0.1) is 12.8 Å². The monoisotopic (exact) mass is 397 g/mol. The first-order valence-electron chi connectivity index (χ1n) is 11.5. The molecule has 6 rings (SSSR count). The summed E-state index contributed by atoms with van der Waals surface area (Å²) in [6.45, 7) is 5.80. The van der Waals surface area contributed by atoms with Crippen molar-refractivity contribution in [3.05, 3.63) is 24.3 Å². The zero-order valence-corrected chi connectivity index (χ0v) is 17.7. The first-order chi connectivity index (χ1) is 14.1. The van der Waals surface area contributed by atoms with Crippen molar-refractivity contribution in [1.29, 1.82) is 0 Å². The Morgan fingerprint density at radius 2 is 1.83 bits per heavy atom. The molecule has 1 heterocycles. The van der Waals surface area contributed by atoms with Gasteiger partial charge in [-0.2, -0.15) is 0 Å². The van der Waals surface area contributed by atoms with E-state index in [-0.39, 0.29) is 0 Å². The van der Waals surface area contributed by atoms with Crippen molar-refractivity contribution in [3.63, 3.8) is 0 Å². The SMILES string of the molecule is COc1ccccc1N1CCN(CCNC(=O)CC23CC4CC(CC2C4)C3)CC1. The summed E-state index contributed by atoms with van der Waals surface area (Å²) in [6, 6.07) is 8.25. The molecule has 0 aromatic heterocycles. The van der Waals surface area contributed by atoms with Crippen LogP contribution in [0.25, 0.3) is 0 Å². The Balaban J connectivity index is 1.05. The minimum absolute atomic E-state index is 0.297. The van der Waals surface area contributed by atoms with Crippen LogP contribution in [-0.2, 0) is 4.79 Å². The number of benzene rings is 1. The average molecular weight is 398 g/mol. The second-order valence-electron chi connectivity index (χ2n) is 9.93. The number of hydrogen-bond acceptors (Lipinski definition) is 4. The minimum atomic E-state index is 0.297. The van der Waals surface area contributed by atoms with Gasteiger partial charge in [0.25, 0.3) is 0 Å². The van der Waals surface area contributed by atoms with Crippen LogP contribution < -0.4 is 15.0 Å². The Morgan fingerprint density at radius 1 is 1.10 bits per heavy atom.